The van der Waals surface area contributed by atoms with Crippen molar-refractivity contribution in [1.29, 1.82) is 0 Å². The van der Waals surface area contributed by atoms with E-state index in [4.69, 9.17) is 9.84 Å². The van der Waals surface area contributed by atoms with Crippen molar-refractivity contribution in [3.05, 3.63) is 87.9 Å². The lowest BCUT2D eigenvalue weighted by Crippen LogP contribution is -2.11. The molecule has 3 aromatic rings. The van der Waals surface area contributed by atoms with Crippen LogP contribution in [0.1, 0.15) is 16.7 Å². The molecule has 0 aromatic heterocycles. The Balaban J connectivity index is 1.74. The fourth-order valence-electron chi connectivity index (χ4n) is 3.74. The molecule has 4 rings (SSSR count). The van der Waals surface area contributed by atoms with Crippen LogP contribution in [0.15, 0.2) is 71.2 Å². The molecule has 0 unspecified atom stereocenters. The molecule has 0 fully saturated rings. The van der Waals surface area contributed by atoms with Gasteiger partial charge in [0.1, 0.15) is 5.75 Å². The van der Waals surface area contributed by atoms with E-state index in [-0.39, 0.29) is 5.91 Å². The van der Waals surface area contributed by atoms with Gasteiger partial charge >= 0.3 is 5.97 Å². The van der Waals surface area contributed by atoms with E-state index in [0.29, 0.717) is 17.0 Å². The summed E-state index contributed by atoms with van der Waals surface area (Å²) in [6, 6.07) is 20.7. The number of fused-ring (bicyclic) bond motifs is 1. The van der Waals surface area contributed by atoms with Crippen molar-refractivity contribution in [3.8, 4) is 5.75 Å². The number of hydrogen-bond acceptors (Lipinski definition) is 5. The first kappa shape index (κ1) is 23.5. The number of carbonyl (C=O) groups is 2. The van der Waals surface area contributed by atoms with Crippen molar-refractivity contribution in [3.63, 3.8) is 0 Å². The summed E-state index contributed by atoms with van der Waals surface area (Å²) in [6.45, 7) is 0.409. The molecule has 1 aliphatic rings. The van der Waals surface area contributed by atoms with Crippen molar-refractivity contribution in [1.82, 2.24) is 4.90 Å². The van der Waals surface area contributed by atoms with Crippen molar-refractivity contribution in [2.45, 2.75) is 6.54 Å². The summed E-state index contributed by atoms with van der Waals surface area (Å²) in [7, 11) is 4.04. The maximum atomic E-state index is 13.0. The lowest BCUT2D eigenvalue weighted by atomic mass is 10.00. The van der Waals surface area contributed by atoms with Gasteiger partial charge in [0, 0.05) is 22.3 Å². The molecule has 0 saturated carbocycles. The normalized spacial score (nSPS) is 13.9. The van der Waals surface area contributed by atoms with Crippen LogP contribution in [-0.2, 0) is 16.1 Å². The van der Waals surface area contributed by atoms with Crippen LogP contribution in [0.5, 0.6) is 5.75 Å². The summed E-state index contributed by atoms with van der Waals surface area (Å²) >= 11 is 3.45. The zero-order valence-electron chi connectivity index (χ0n) is 18.8. The predicted molar refractivity (Wildman–Crippen MR) is 137 cm³/mol. The number of nitrogens with one attached hydrogen (secondary N) is 2. The van der Waals surface area contributed by atoms with Gasteiger partial charge in [0.15, 0.2) is 6.61 Å². The van der Waals surface area contributed by atoms with Gasteiger partial charge in [-0.3, -0.25) is 4.79 Å². The first-order chi connectivity index (χ1) is 16.3. The van der Waals surface area contributed by atoms with Gasteiger partial charge in [-0.05, 0) is 73.8 Å². The molecule has 1 amide bonds. The highest BCUT2D eigenvalue weighted by Crippen LogP contribution is 2.39. The smallest absolute Gasteiger partial charge is 0.341 e. The highest BCUT2D eigenvalue weighted by atomic mass is 79.9. The van der Waals surface area contributed by atoms with Gasteiger partial charge in [-0.15, -0.1) is 0 Å². The van der Waals surface area contributed by atoms with Gasteiger partial charge < -0.3 is 25.4 Å². The third-order valence-electron chi connectivity index (χ3n) is 5.20. The van der Waals surface area contributed by atoms with Crippen LogP contribution < -0.4 is 15.4 Å². The summed E-state index contributed by atoms with van der Waals surface area (Å²) in [6.07, 6.45) is 0. The molecule has 0 atom stereocenters. The van der Waals surface area contributed by atoms with Crippen LogP contribution in [0.4, 0.5) is 11.4 Å². The number of amides is 1. The zero-order valence-corrected chi connectivity index (χ0v) is 20.3. The number of rotatable bonds is 8. The van der Waals surface area contributed by atoms with Crippen molar-refractivity contribution in [2.24, 2.45) is 0 Å². The fraction of sp³-hybridized carbons (Fsp3) is 0.154. The minimum Gasteiger partial charge on any atom is -0.482 e. The first-order valence-corrected chi connectivity index (χ1v) is 11.4. The van der Waals surface area contributed by atoms with E-state index >= 15 is 0 Å². The highest BCUT2D eigenvalue weighted by Gasteiger charge is 2.28. The van der Waals surface area contributed by atoms with Crippen molar-refractivity contribution < 1.29 is 19.4 Å². The monoisotopic (exact) mass is 521 g/mol. The number of hydrogen-bond donors (Lipinski definition) is 3. The van der Waals surface area contributed by atoms with Crippen LogP contribution in [0.3, 0.4) is 0 Å². The number of carboxylic acids is 1. The van der Waals surface area contributed by atoms with E-state index < -0.39 is 12.6 Å². The van der Waals surface area contributed by atoms with Gasteiger partial charge in [-0.2, -0.15) is 0 Å². The largest absolute Gasteiger partial charge is 0.482 e. The lowest BCUT2D eigenvalue weighted by molar-refractivity contribution is -0.139. The number of halogens is 1. The number of aliphatic carboxylic acids is 1. The minimum atomic E-state index is -1.04. The van der Waals surface area contributed by atoms with Crippen molar-refractivity contribution >= 4 is 50.5 Å². The van der Waals surface area contributed by atoms with E-state index in [9.17, 15) is 9.59 Å². The Labute approximate surface area is 206 Å². The minimum absolute atomic E-state index is 0.203. The molecule has 0 spiro atoms. The van der Waals surface area contributed by atoms with Gasteiger partial charge in [0.05, 0.1) is 17.0 Å². The Morgan fingerprint density at radius 3 is 2.41 bits per heavy atom. The van der Waals surface area contributed by atoms with Crippen LogP contribution in [0.25, 0.3) is 11.3 Å². The van der Waals surface area contributed by atoms with Crippen molar-refractivity contribution in [2.75, 3.05) is 31.3 Å². The maximum Gasteiger partial charge on any atom is 0.341 e. The topological polar surface area (TPSA) is 90.9 Å². The summed E-state index contributed by atoms with van der Waals surface area (Å²) in [5.74, 6) is -0.813. The Kier molecular flexibility index (Phi) is 7.00. The lowest BCUT2D eigenvalue weighted by Gasteiger charge is -2.16. The van der Waals surface area contributed by atoms with Crippen LogP contribution in [0.2, 0.25) is 0 Å². The second-order valence-corrected chi connectivity index (χ2v) is 9.08. The Bertz CT molecular complexity index is 1250. The first-order valence-electron chi connectivity index (χ1n) is 10.6. The zero-order chi connectivity index (χ0) is 24.2. The number of carboxylic acid groups (broad SMARTS) is 1. The van der Waals surface area contributed by atoms with E-state index in [2.05, 4.69) is 31.5 Å². The molecule has 7 nitrogen and oxygen atoms in total. The molecule has 0 bridgehead atoms. The fourth-order valence-corrected chi connectivity index (χ4v) is 4.10. The average Bonchev–Trinajstić information content (AvgIpc) is 3.11. The molecule has 1 heterocycles. The quantitative estimate of drug-likeness (QED) is 0.365. The molecule has 8 heteroatoms. The molecule has 0 radical (unpaired) electrons. The standard InChI is InChI=1S/C26H24BrN3O4/c1-30(2)14-16-3-8-19(9-4-16)28-25(17-5-10-20(11-6-17)34-15-23(31)32)24-21-12-7-18(27)13-22(21)29-26(24)33/h3-13,28H,14-15H2,1-2H3,(H,29,33)(H,31,32)/b25-24-. The number of ether oxygens (including phenoxy) is 1. The molecular weight excluding hydrogens is 498 g/mol. The van der Waals surface area contributed by atoms with Gasteiger partial charge in [-0.1, -0.05) is 34.1 Å². The van der Waals surface area contributed by atoms with E-state index in [1.54, 1.807) is 24.3 Å². The van der Waals surface area contributed by atoms with Crippen LogP contribution >= 0.6 is 15.9 Å². The van der Waals surface area contributed by atoms with Crippen LogP contribution in [-0.4, -0.2) is 42.6 Å². The van der Waals surface area contributed by atoms with E-state index in [1.165, 1.54) is 5.56 Å². The number of carbonyl (C=O) groups excluding carboxylic acids is 1. The summed E-state index contributed by atoms with van der Waals surface area (Å²) < 4.78 is 6.13. The summed E-state index contributed by atoms with van der Waals surface area (Å²) in [5.41, 5.74) is 5.49. The molecule has 1 aliphatic heterocycles. The number of nitrogens with zero attached hydrogens (tertiary/aromatic N) is 1. The molecule has 3 N–H and O–H groups in total. The van der Waals surface area contributed by atoms with Crippen LogP contribution in [0, 0.1) is 0 Å². The highest BCUT2D eigenvalue weighted by molar-refractivity contribution is 9.10. The second kappa shape index (κ2) is 10.1. The molecule has 0 saturated heterocycles. The Morgan fingerprint density at radius 2 is 1.76 bits per heavy atom. The summed E-state index contributed by atoms with van der Waals surface area (Å²) in [4.78, 5) is 25.9. The van der Waals surface area contributed by atoms with Gasteiger partial charge in [0.25, 0.3) is 5.91 Å². The SMILES string of the molecule is CN(C)Cc1ccc(N/C(=C2\C(=O)Nc3cc(Br)ccc32)c2ccc(OCC(=O)O)cc2)cc1. The predicted octanol–water partition coefficient (Wildman–Crippen LogP) is 4.91. The average molecular weight is 522 g/mol. The Morgan fingerprint density at radius 1 is 1.06 bits per heavy atom. The summed E-state index contributed by atoms with van der Waals surface area (Å²) in [5, 5.41) is 15.2. The van der Waals surface area contributed by atoms with Gasteiger partial charge in [-0.25, -0.2) is 4.79 Å². The Hall–Kier alpha value is -3.62. The molecular formula is C26H24BrN3O4. The third kappa shape index (κ3) is 5.47. The third-order valence-corrected chi connectivity index (χ3v) is 5.70. The van der Waals surface area contributed by atoms with E-state index in [0.717, 1.165) is 33.5 Å². The van der Waals surface area contributed by atoms with E-state index in [1.807, 2.05) is 56.6 Å². The molecule has 3 aromatic carbocycles. The number of anilines is 2. The maximum absolute atomic E-state index is 13.0. The second-order valence-electron chi connectivity index (χ2n) is 8.16. The molecule has 0 aliphatic carbocycles. The number of benzene rings is 3. The van der Waals surface area contributed by atoms with Gasteiger partial charge in [0.2, 0.25) is 0 Å². The molecule has 34 heavy (non-hydrogen) atoms. The molecule has 174 valence electrons.